The molecule has 0 saturated carbocycles. The van der Waals surface area contributed by atoms with E-state index in [0.717, 1.165) is 11.1 Å². The summed E-state index contributed by atoms with van der Waals surface area (Å²) in [5.74, 6) is -0.769. The quantitative estimate of drug-likeness (QED) is 0.738. The van der Waals surface area contributed by atoms with Gasteiger partial charge >= 0.3 is 0 Å². The summed E-state index contributed by atoms with van der Waals surface area (Å²) in [6, 6.07) is 15.9. The Morgan fingerprint density at radius 1 is 1.00 bits per heavy atom. The number of carbonyl (C=O) groups excluding carboxylic acids is 2. The third kappa shape index (κ3) is 6.31. The third-order valence-electron chi connectivity index (χ3n) is 4.10. The Hall–Kier alpha value is -2.69. The van der Waals surface area contributed by atoms with E-state index in [-0.39, 0.29) is 30.1 Å². The Bertz CT molecular complexity index is 715. The number of hydrogen-bond donors (Lipinski definition) is 1. The van der Waals surface area contributed by atoms with Crippen LogP contribution in [0.4, 0.5) is 4.39 Å². The molecule has 0 fully saturated rings. The van der Waals surface area contributed by atoms with Gasteiger partial charge in [0.15, 0.2) is 0 Å². The molecule has 0 aliphatic heterocycles. The van der Waals surface area contributed by atoms with Crippen molar-refractivity contribution in [3.05, 3.63) is 71.5 Å². The average Bonchev–Trinajstić information content (AvgIpc) is 2.62. The third-order valence-corrected chi connectivity index (χ3v) is 4.10. The van der Waals surface area contributed by atoms with Crippen LogP contribution in [0.2, 0.25) is 0 Å². The van der Waals surface area contributed by atoms with Crippen molar-refractivity contribution in [3.8, 4) is 0 Å². The van der Waals surface area contributed by atoms with Crippen molar-refractivity contribution in [3.63, 3.8) is 0 Å². The molecular weight excluding hydrogens is 331 g/mol. The maximum absolute atomic E-state index is 12.9. The van der Waals surface area contributed by atoms with Crippen molar-refractivity contribution in [2.75, 3.05) is 6.54 Å². The molecule has 26 heavy (non-hydrogen) atoms. The van der Waals surface area contributed by atoms with E-state index in [1.165, 1.54) is 12.1 Å². The monoisotopic (exact) mass is 356 g/mol. The number of halogens is 1. The molecule has 4 nitrogen and oxygen atoms in total. The summed E-state index contributed by atoms with van der Waals surface area (Å²) in [5.41, 5.74) is 1.97. The van der Waals surface area contributed by atoms with E-state index < -0.39 is 0 Å². The van der Waals surface area contributed by atoms with Crippen LogP contribution < -0.4 is 5.32 Å². The Labute approximate surface area is 154 Å². The summed E-state index contributed by atoms with van der Waals surface area (Å²) in [6.45, 7) is 4.78. The van der Waals surface area contributed by atoms with E-state index in [4.69, 9.17) is 0 Å². The second kappa shape index (κ2) is 9.70. The first kappa shape index (κ1) is 19.6. The predicted molar refractivity (Wildman–Crippen MR) is 99.9 cm³/mol. The van der Waals surface area contributed by atoms with E-state index in [2.05, 4.69) is 5.32 Å². The topological polar surface area (TPSA) is 49.4 Å². The van der Waals surface area contributed by atoms with Crippen LogP contribution in [-0.4, -0.2) is 29.3 Å². The van der Waals surface area contributed by atoms with Crippen molar-refractivity contribution in [2.24, 2.45) is 0 Å². The summed E-state index contributed by atoms with van der Waals surface area (Å²) >= 11 is 0. The molecule has 5 heteroatoms. The fraction of sp³-hybridized carbons (Fsp3) is 0.333. The van der Waals surface area contributed by atoms with Gasteiger partial charge in [-0.2, -0.15) is 0 Å². The number of nitrogens with one attached hydrogen (secondary N) is 1. The van der Waals surface area contributed by atoms with E-state index >= 15 is 0 Å². The lowest BCUT2D eigenvalue weighted by Crippen LogP contribution is -2.39. The van der Waals surface area contributed by atoms with Crippen molar-refractivity contribution in [2.45, 2.75) is 39.3 Å². The molecule has 2 rings (SSSR count). The first-order valence-electron chi connectivity index (χ1n) is 8.80. The van der Waals surface area contributed by atoms with Crippen molar-refractivity contribution >= 4 is 11.8 Å². The van der Waals surface area contributed by atoms with Gasteiger partial charge in [-0.05, 0) is 43.5 Å². The summed E-state index contributed by atoms with van der Waals surface area (Å²) in [7, 11) is 0. The van der Waals surface area contributed by atoms with Gasteiger partial charge < -0.3 is 10.2 Å². The molecule has 0 bridgehead atoms. The summed E-state index contributed by atoms with van der Waals surface area (Å²) in [4.78, 5) is 26.3. The molecule has 0 radical (unpaired) electrons. The molecule has 138 valence electrons. The van der Waals surface area contributed by atoms with E-state index in [1.54, 1.807) is 17.0 Å². The van der Waals surface area contributed by atoms with Crippen LogP contribution in [0.1, 0.15) is 31.4 Å². The maximum atomic E-state index is 12.9. The van der Waals surface area contributed by atoms with Crippen molar-refractivity contribution in [1.82, 2.24) is 10.2 Å². The van der Waals surface area contributed by atoms with Crippen LogP contribution >= 0.6 is 0 Å². The maximum Gasteiger partial charge on any atom is 0.232 e. The predicted octanol–water partition coefficient (Wildman–Crippen LogP) is 3.31. The number of nitrogens with zero attached hydrogens (tertiary/aromatic N) is 1. The van der Waals surface area contributed by atoms with Gasteiger partial charge in [0.05, 0.1) is 0 Å². The summed E-state index contributed by atoms with van der Waals surface area (Å²) < 4.78 is 12.9. The van der Waals surface area contributed by atoms with E-state index in [9.17, 15) is 14.0 Å². The van der Waals surface area contributed by atoms with Gasteiger partial charge in [0.1, 0.15) is 12.2 Å². The molecule has 0 unspecified atom stereocenters. The molecule has 2 amide bonds. The normalized spacial score (nSPS) is 10.6. The number of hydrogen-bond acceptors (Lipinski definition) is 2. The SMILES string of the molecule is CC(C)N(Cc1ccccc1)C(=O)CC(=O)NCCc1ccc(F)cc1. The smallest absolute Gasteiger partial charge is 0.232 e. The van der Waals surface area contributed by atoms with Crippen LogP contribution in [0, 0.1) is 5.82 Å². The minimum absolute atomic E-state index is 0.00900. The zero-order chi connectivity index (χ0) is 18.9. The van der Waals surface area contributed by atoms with Crippen LogP contribution in [0.3, 0.4) is 0 Å². The second-order valence-corrected chi connectivity index (χ2v) is 6.50. The van der Waals surface area contributed by atoms with Crippen LogP contribution in [-0.2, 0) is 22.6 Å². The van der Waals surface area contributed by atoms with Crippen molar-refractivity contribution < 1.29 is 14.0 Å². The fourth-order valence-corrected chi connectivity index (χ4v) is 2.64. The highest BCUT2D eigenvalue weighted by molar-refractivity contribution is 5.96. The molecule has 0 aliphatic carbocycles. The average molecular weight is 356 g/mol. The molecule has 1 N–H and O–H groups in total. The lowest BCUT2D eigenvalue weighted by atomic mass is 10.1. The molecule has 0 atom stereocenters. The van der Waals surface area contributed by atoms with Gasteiger partial charge in [-0.1, -0.05) is 42.5 Å². The molecule has 0 saturated heterocycles. The largest absolute Gasteiger partial charge is 0.355 e. The van der Waals surface area contributed by atoms with Crippen LogP contribution in [0.5, 0.6) is 0 Å². The highest BCUT2D eigenvalue weighted by Gasteiger charge is 2.20. The van der Waals surface area contributed by atoms with Gasteiger partial charge in [-0.3, -0.25) is 9.59 Å². The standard InChI is InChI=1S/C21H25FN2O2/c1-16(2)24(15-18-6-4-3-5-7-18)21(26)14-20(25)23-13-12-17-8-10-19(22)11-9-17/h3-11,16H,12-15H2,1-2H3,(H,23,25). The Morgan fingerprint density at radius 3 is 2.27 bits per heavy atom. The lowest BCUT2D eigenvalue weighted by molar-refractivity contribution is -0.137. The highest BCUT2D eigenvalue weighted by atomic mass is 19.1. The zero-order valence-electron chi connectivity index (χ0n) is 15.2. The molecule has 0 aromatic heterocycles. The second-order valence-electron chi connectivity index (χ2n) is 6.50. The van der Waals surface area contributed by atoms with E-state index in [1.807, 2.05) is 44.2 Å². The number of rotatable bonds is 8. The summed E-state index contributed by atoms with van der Waals surface area (Å²) in [6.07, 6.45) is 0.423. The van der Waals surface area contributed by atoms with E-state index in [0.29, 0.717) is 19.5 Å². The van der Waals surface area contributed by atoms with Crippen molar-refractivity contribution in [1.29, 1.82) is 0 Å². The fourth-order valence-electron chi connectivity index (χ4n) is 2.64. The number of carbonyl (C=O) groups is 2. The zero-order valence-corrected chi connectivity index (χ0v) is 15.2. The Kier molecular flexibility index (Phi) is 7.33. The molecule has 2 aromatic rings. The first-order chi connectivity index (χ1) is 12.5. The minimum Gasteiger partial charge on any atom is -0.355 e. The number of amides is 2. The lowest BCUT2D eigenvalue weighted by Gasteiger charge is -2.26. The molecule has 0 heterocycles. The molecule has 0 spiro atoms. The van der Waals surface area contributed by atoms with Gasteiger partial charge in [0, 0.05) is 19.1 Å². The van der Waals surface area contributed by atoms with Crippen LogP contribution in [0.25, 0.3) is 0 Å². The Morgan fingerprint density at radius 2 is 1.65 bits per heavy atom. The van der Waals surface area contributed by atoms with Gasteiger partial charge in [0.2, 0.25) is 11.8 Å². The van der Waals surface area contributed by atoms with Gasteiger partial charge in [-0.15, -0.1) is 0 Å². The molecular formula is C21H25FN2O2. The van der Waals surface area contributed by atoms with Gasteiger partial charge in [-0.25, -0.2) is 4.39 Å². The Balaban J connectivity index is 1.81. The first-order valence-corrected chi connectivity index (χ1v) is 8.80. The molecule has 0 aliphatic rings. The summed E-state index contributed by atoms with van der Waals surface area (Å²) in [5, 5.41) is 2.75. The molecule has 2 aromatic carbocycles. The van der Waals surface area contributed by atoms with Gasteiger partial charge in [0.25, 0.3) is 0 Å². The number of benzene rings is 2. The minimum atomic E-state index is -0.296. The van der Waals surface area contributed by atoms with Crippen LogP contribution in [0.15, 0.2) is 54.6 Å². The highest BCUT2D eigenvalue weighted by Crippen LogP contribution is 2.10.